The molecule has 180 valence electrons. The van der Waals surface area contributed by atoms with Gasteiger partial charge in [0.05, 0.1) is 35.3 Å². The number of nitrogens with one attached hydrogen (secondary N) is 2. The average molecular weight is 496 g/mol. The van der Waals surface area contributed by atoms with Crippen LogP contribution in [-0.2, 0) is 14.8 Å². The first-order valence-electron chi connectivity index (χ1n) is 10.3. The zero-order chi connectivity index (χ0) is 24.8. The fourth-order valence-corrected chi connectivity index (χ4v) is 4.30. The topological polar surface area (TPSA) is 105 Å². The Morgan fingerprint density at radius 1 is 1.12 bits per heavy atom. The van der Waals surface area contributed by atoms with Gasteiger partial charge in [0, 0.05) is 18.5 Å². The lowest BCUT2D eigenvalue weighted by Gasteiger charge is -2.23. The maximum absolute atomic E-state index is 12.6. The minimum atomic E-state index is -3.60. The molecule has 0 unspecified atom stereocenters. The van der Waals surface area contributed by atoms with Crippen LogP contribution >= 0.6 is 11.6 Å². The monoisotopic (exact) mass is 495 g/mol. The Bertz CT molecular complexity index is 1110. The van der Waals surface area contributed by atoms with E-state index in [1.807, 2.05) is 20.8 Å². The third-order valence-corrected chi connectivity index (χ3v) is 6.01. The molecule has 33 heavy (non-hydrogen) atoms. The highest BCUT2D eigenvalue weighted by molar-refractivity contribution is 7.92. The van der Waals surface area contributed by atoms with Crippen molar-refractivity contribution in [3.05, 3.63) is 53.1 Å². The number of anilines is 2. The van der Waals surface area contributed by atoms with E-state index < -0.39 is 15.6 Å². The molecule has 2 N–H and O–H groups in total. The fourth-order valence-electron chi connectivity index (χ4n) is 3.09. The third-order valence-electron chi connectivity index (χ3n) is 4.52. The highest BCUT2D eigenvalue weighted by atomic mass is 35.5. The van der Waals surface area contributed by atoms with Crippen molar-refractivity contribution in [2.24, 2.45) is 0 Å². The van der Waals surface area contributed by atoms with Crippen LogP contribution in [0, 0.1) is 0 Å². The molecule has 8 nitrogen and oxygen atoms in total. The summed E-state index contributed by atoms with van der Waals surface area (Å²) in [6.45, 7) is 5.70. The van der Waals surface area contributed by atoms with Gasteiger partial charge in [-0.15, -0.1) is 0 Å². The Morgan fingerprint density at radius 3 is 2.36 bits per heavy atom. The number of para-hydroxylation sites is 1. The predicted octanol–water partition coefficient (Wildman–Crippen LogP) is 4.06. The molecule has 0 aliphatic rings. The maximum Gasteiger partial charge on any atom is 0.253 e. The molecule has 10 heteroatoms. The first kappa shape index (κ1) is 26.5. The van der Waals surface area contributed by atoms with Crippen molar-refractivity contribution in [3.63, 3.8) is 0 Å². The van der Waals surface area contributed by atoms with Gasteiger partial charge in [0.1, 0.15) is 5.75 Å². The van der Waals surface area contributed by atoms with E-state index in [9.17, 15) is 18.0 Å². The van der Waals surface area contributed by atoms with E-state index in [1.54, 1.807) is 36.4 Å². The van der Waals surface area contributed by atoms with Gasteiger partial charge in [0.2, 0.25) is 15.9 Å². The predicted molar refractivity (Wildman–Crippen MR) is 132 cm³/mol. The second-order valence-electron chi connectivity index (χ2n) is 8.56. The first-order valence-corrected chi connectivity index (χ1v) is 12.6. The van der Waals surface area contributed by atoms with E-state index in [2.05, 4.69) is 10.6 Å². The quantitative estimate of drug-likeness (QED) is 0.545. The van der Waals surface area contributed by atoms with Crippen LogP contribution in [0.3, 0.4) is 0 Å². The van der Waals surface area contributed by atoms with Crippen molar-refractivity contribution in [2.75, 3.05) is 29.5 Å². The highest BCUT2D eigenvalue weighted by Gasteiger charge is 2.21. The summed E-state index contributed by atoms with van der Waals surface area (Å²) in [7, 11) is -2.13. The standard InChI is InChI=1S/C23H30ClN3O5S/c1-23(2,3)26-22(29)17-9-6-7-10-19(17)25-21(28)11-8-14-27(33(5,30)31)16-12-13-20(32-4)18(24)15-16/h6-7,9-10,12-13,15H,8,11,14H2,1-5H3,(H,25,28)(H,26,29). The zero-order valence-electron chi connectivity index (χ0n) is 19.4. The summed E-state index contributed by atoms with van der Waals surface area (Å²) in [5.41, 5.74) is 0.707. The van der Waals surface area contributed by atoms with E-state index in [0.717, 1.165) is 6.26 Å². The van der Waals surface area contributed by atoms with Gasteiger partial charge in [-0.25, -0.2) is 8.42 Å². The molecule has 0 spiro atoms. The molecule has 0 aliphatic heterocycles. The summed E-state index contributed by atoms with van der Waals surface area (Å²) >= 11 is 6.14. The molecule has 2 amide bonds. The molecular formula is C23H30ClN3O5S. The molecule has 0 aliphatic carbocycles. The van der Waals surface area contributed by atoms with Gasteiger partial charge in [-0.05, 0) is 57.5 Å². The van der Waals surface area contributed by atoms with Crippen molar-refractivity contribution in [3.8, 4) is 5.75 Å². The van der Waals surface area contributed by atoms with Crippen LogP contribution in [0.4, 0.5) is 11.4 Å². The lowest BCUT2D eigenvalue weighted by atomic mass is 10.1. The molecule has 2 rings (SSSR count). The minimum Gasteiger partial charge on any atom is -0.495 e. The normalized spacial score (nSPS) is 11.6. The molecule has 0 saturated carbocycles. The van der Waals surface area contributed by atoms with Crippen LogP contribution in [0.2, 0.25) is 5.02 Å². The number of nitrogens with zero attached hydrogens (tertiary/aromatic N) is 1. The lowest BCUT2D eigenvalue weighted by Crippen LogP contribution is -2.40. The Kier molecular flexibility index (Phi) is 8.74. The summed E-state index contributed by atoms with van der Waals surface area (Å²) in [5.74, 6) is -0.187. The lowest BCUT2D eigenvalue weighted by molar-refractivity contribution is -0.116. The molecule has 2 aromatic rings. The van der Waals surface area contributed by atoms with Gasteiger partial charge >= 0.3 is 0 Å². The molecule has 2 aromatic carbocycles. The number of rotatable bonds is 9. The van der Waals surface area contributed by atoms with Crippen LogP contribution < -0.4 is 19.7 Å². The molecular weight excluding hydrogens is 466 g/mol. The Morgan fingerprint density at radius 2 is 1.79 bits per heavy atom. The minimum absolute atomic E-state index is 0.0606. The summed E-state index contributed by atoms with van der Waals surface area (Å²) in [6.07, 6.45) is 1.42. The summed E-state index contributed by atoms with van der Waals surface area (Å²) in [4.78, 5) is 25.1. The summed E-state index contributed by atoms with van der Waals surface area (Å²) in [5, 5.41) is 5.90. The van der Waals surface area contributed by atoms with Crippen molar-refractivity contribution in [1.82, 2.24) is 5.32 Å². The second-order valence-corrected chi connectivity index (χ2v) is 10.9. The van der Waals surface area contributed by atoms with Gasteiger partial charge in [-0.1, -0.05) is 23.7 Å². The Hall–Kier alpha value is -2.78. The van der Waals surface area contributed by atoms with Crippen LogP contribution in [-0.4, -0.2) is 45.7 Å². The van der Waals surface area contributed by atoms with Gasteiger partial charge in [0.25, 0.3) is 5.91 Å². The van der Waals surface area contributed by atoms with Crippen LogP contribution in [0.1, 0.15) is 44.0 Å². The van der Waals surface area contributed by atoms with Gasteiger partial charge < -0.3 is 15.4 Å². The average Bonchev–Trinajstić information content (AvgIpc) is 2.69. The van der Waals surface area contributed by atoms with E-state index in [-0.39, 0.29) is 36.2 Å². The number of sulfonamides is 1. The summed E-state index contributed by atoms with van der Waals surface area (Å²) in [6, 6.07) is 11.4. The SMILES string of the molecule is COc1ccc(N(CCCC(=O)Nc2ccccc2C(=O)NC(C)(C)C)S(C)(=O)=O)cc1Cl. The molecule has 0 radical (unpaired) electrons. The third kappa shape index (κ3) is 7.94. The number of ether oxygens (including phenoxy) is 1. The number of carbonyl (C=O) groups is 2. The summed E-state index contributed by atoms with van der Waals surface area (Å²) < 4.78 is 30.9. The molecule has 0 heterocycles. The van der Waals surface area contributed by atoms with Crippen molar-refractivity contribution < 1.29 is 22.7 Å². The molecule has 0 saturated heterocycles. The van der Waals surface area contributed by atoms with E-state index in [4.69, 9.17) is 16.3 Å². The van der Waals surface area contributed by atoms with Gasteiger partial charge in [0.15, 0.2) is 0 Å². The van der Waals surface area contributed by atoms with Crippen molar-refractivity contribution >= 4 is 44.8 Å². The number of benzene rings is 2. The molecule has 0 fully saturated rings. The van der Waals surface area contributed by atoms with E-state index in [1.165, 1.54) is 17.5 Å². The van der Waals surface area contributed by atoms with E-state index in [0.29, 0.717) is 22.7 Å². The van der Waals surface area contributed by atoms with Gasteiger partial charge in [-0.2, -0.15) is 0 Å². The largest absolute Gasteiger partial charge is 0.495 e. The number of methoxy groups -OCH3 is 1. The van der Waals surface area contributed by atoms with Crippen LogP contribution in [0.15, 0.2) is 42.5 Å². The first-order chi connectivity index (χ1) is 15.3. The van der Waals surface area contributed by atoms with Crippen molar-refractivity contribution in [2.45, 2.75) is 39.2 Å². The number of carbonyl (C=O) groups excluding carboxylic acids is 2. The fraction of sp³-hybridized carbons (Fsp3) is 0.391. The Balaban J connectivity index is 2.06. The zero-order valence-corrected chi connectivity index (χ0v) is 21.0. The molecule has 0 aromatic heterocycles. The van der Waals surface area contributed by atoms with E-state index >= 15 is 0 Å². The second kappa shape index (κ2) is 10.9. The highest BCUT2D eigenvalue weighted by Crippen LogP contribution is 2.30. The number of amides is 2. The van der Waals surface area contributed by atoms with Gasteiger partial charge in [-0.3, -0.25) is 13.9 Å². The van der Waals surface area contributed by atoms with Crippen LogP contribution in [0.5, 0.6) is 5.75 Å². The molecule has 0 bridgehead atoms. The number of halogens is 1. The number of hydrogen-bond donors (Lipinski definition) is 2. The smallest absolute Gasteiger partial charge is 0.253 e. The number of hydrogen-bond acceptors (Lipinski definition) is 5. The molecule has 0 atom stereocenters. The Labute approximate surface area is 200 Å². The maximum atomic E-state index is 12.6. The van der Waals surface area contributed by atoms with Crippen molar-refractivity contribution in [1.29, 1.82) is 0 Å². The van der Waals surface area contributed by atoms with Crippen LogP contribution in [0.25, 0.3) is 0 Å².